The number of rotatable bonds is 0. The minimum absolute atomic E-state index is 0. The van der Waals surface area contributed by atoms with E-state index in [9.17, 15) is 0 Å². The third-order valence-electron chi connectivity index (χ3n) is 1.02. The van der Waals surface area contributed by atoms with E-state index < -0.39 is 0 Å². The molecule has 0 atom stereocenters. The van der Waals surface area contributed by atoms with E-state index in [0.29, 0.717) is 0 Å². The van der Waals surface area contributed by atoms with E-state index in [1.165, 1.54) is 0 Å². The molecule has 1 nitrogen and oxygen atoms in total. The maximum atomic E-state index is 3.60. The van der Waals surface area contributed by atoms with E-state index >= 15 is 0 Å². The maximum Gasteiger partial charge on any atom is 0.0385 e. The molecule has 0 amide bonds. The molecule has 0 saturated carbocycles. The van der Waals surface area contributed by atoms with Gasteiger partial charge in [0.25, 0.3) is 0 Å². The van der Waals surface area contributed by atoms with Crippen LogP contribution in [0.25, 0.3) is 0 Å². The van der Waals surface area contributed by atoms with Gasteiger partial charge in [-0.2, -0.15) is 0 Å². The summed E-state index contributed by atoms with van der Waals surface area (Å²) >= 11 is 0. The molecule has 0 aliphatic carbocycles. The summed E-state index contributed by atoms with van der Waals surface area (Å²) in [6.45, 7) is 0. The first-order valence-electron chi connectivity index (χ1n) is 3.51. The standard InChI is InChI=1S/C6H4.C5H3N.Cr/c2*1-2-4-6-5-3-1;/h1-4H;1-2,4H;. The molecule has 0 aliphatic rings. The van der Waals surface area contributed by atoms with E-state index in [1.54, 1.807) is 18.3 Å². The fourth-order valence-corrected chi connectivity index (χ4v) is 0.550. The Morgan fingerprint density at radius 2 is 1.38 bits per heavy atom. The van der Waals surface area contributed by atoms with Gasteiger partial charge < -0.3 is 0 Å². The summed E-state index contributed by atoms with van der Waals surface area (Å²) in [7, 11) is 0. The van der Waals surface area contributed by atoms with Crippen LogP contribution in [0.4, 0.5) is 0 Å². The second-order valence-electron chi connectivity index (χ2n) is 1.90. The topological polar surface area (TPSA) is 12.9 Å². The van der Waals surface area contributed by atoms with E-state index in [1.807, 2.05) is 24.3 Å². The molecule has 2 aromatic rings. The zero-order chi connectivity index (χ0) is 8.49. The number of hydrogen-bond acceptors (Lipinski definition) is 1. The molecule has 2 heteroatoms. The molecule has 1 aromatic heterocycles. The van der Waals surface area contributed by atoms with Crippen LogP contribution in [0.15, 0.2) is 42.6 Å². The molecule has 0 radical (unpaired) electrons. The molecule has 0 fully saturated rings. The van der Waals surface area contributed by atoms with Crippen LogP contribution >= 0.6 is 0 Å². The Balaban J connectivity index is 0.000000206. The van der Waals surface area contributed by atoms with Crippen molar-refractivity contribution in [1.82, 2.24) is 4.98 Å². The summed E-state index contributed by atoms with van der Waals surface area (Å²) in [4.78, 5) is 3.60. The van der Waals surface area contributed by atoms with Gasteiger partial charge in [-0.25, -0.2) is 4.98 Å². The first kappa shape index (κ1) is 11.5. The summed E-state index contributed by atoms with van der Waals surface area (Å²) < 4.78 is 0. The van der Waals surface area contributed by atoms with Crippen molar-refractivity contribution in [3.05, 3.63) is 67.0 Å². The molecule has 1 aromatic carbocycles. The molecule has 0 saturated heterocycles. The van der Waals surface area contributed by atoms with Crippen LogP contribution < -0.4 is 0 Å². The molecule has 0 unspecified atom stereocenters. The second-order valence-corrected chi connectivity index (χ2v) is 1.90. The minimum atomic E-state index is 0. The van der Waals surface area contributed by atoms with E-state index in [4.69, 9.17) is 0 Å². The maximum absolute atomic E-state index is 3.60. The summed E-state index contributed by atoms with van der Waals surface area (Å²) in [5.74, 6) is 0. The van der Waals surface area contributed by atoms with Gasteiger partial charge in [-0.15, -0.1) is 0 Å². The summed E-state index contributed by atoms with van der Waals surface area (Å²) in [6.07, 6.45) is 4.18. The van der Waals surface area contributed by atoms with Crippen molar-refractivity contribution in [2.75, 3.05) is 0 Å². The minimum Gasteiger partial charge on any atom is -0.206 e. The van der Waals surface area contributed by atoms with Crippen LogP contribution in [-0.2, 0) is 17.4 Å². The summed E-state index contributed by atoms with van der Waals surface area (Å²) in [5.41, 5.74) is 0. The molecule has 2 rings (SSSR count). The van der Waals surface area contributed by atoms with Crippen molar-refractivity contribution >= 4 is 0 Å². The molecule has 13 heavy (non-hydrogen) atoms. The first-order chi connectivity index (χ1) is 6.00. The summed E-state index contributed by atoms with van der Waals surface area (Å²) in [5, 5.41) is 0. The molecular formula is C11H7CrN. The van der Waals surface area contributed by atoms with Crippen LogP contribution in [0.1, 0.15) is 0 Å². The third kappa shape index (κ3) is 6.92. The molecule has 0 aliphatic heterocycles. The molecular weight excluding hydrogens is 198 g/mol. The average Bonchev–Trinajstić information content (AvgIpc) is 2.24. The number of hydrogen-bond donors (Lipinski definition) is 0. The number of aromatic nitrogens is 1. The monoisotopic (exact) mass is 205 g/mol. The number of nitrogens with zero attached hydrogens (tertiary/aromatic N) is 1. The molecule has 62 valence electrons. The van der Waals surface area contributed by atoms with Crippen molar-refractivity contribution in [2.45, 2.75) is 0 Å². The van der Waals surface area contributed by atoms with Gasteiger partial charge in [-0.3, -0.25) is 0 Å². The Labute approximate surface area is 89.6 Å². The predicted molar refractivity (Wildman–Crippen MR) is 46.0 cm³/mol. The normalized spacial score (nSPS) is 6.15. The van der Waals surface area contributed by atoms with Gasteiger partial charge in [-0.05, 0) is 30.3 Å². The van der Waals surface area contributed by atoms with E-state index in [-0.39, 0.29) is 17.4 Å². The Kier molecular flexibility index (Phi) is 7.67. The Bertz CT molecular complexity index is 185. The summed E-state index contributed by atoms with van der Waals surface area (Å²) in [6, 6.07) is 19.2. The Morgan fingerprint density at radius 1 is 0.769 bits per heavy atom. The third-order valence-corrected chi connectivity index (χ3v) is 1.02. The van der Waals surface area contributed by atoms with Gasteiger partial charge in [0.2, 0.25) is 0 Å². The zero-order valence-electron chi connectivity index (χ0n) is 6.90. The van der Waals surface area contributed by atoms with Crippen molar-refractivity contribution < 1.29 is 17.4 Å². The van der Waals surface area contributed by atoms with Crippen molar-refractivity contribution in [2.24, 2.45) is 0 Å². The Morgan fingerprint density at radius 3 is 1.54 bits per heavy atom. The van der Waals surface area contributed by atoms with Crippen molar-refractivity contribution in [1.29, 1.82) is 0 Å². The molecule has 1 heterocycles. The fourth-order valence-electron chi connectivity index (χ4n) is 0.550. The molecule has 0 N–H and O–H groups in total. The fraction of sp³-hybridized carbons (Fsp3) is 0. The smallest absolute Gasteiger partial charge is 0.0385 e. The van der Waals surface area contributed by atoms with Gasteiger partial charge in [0.05, 0.1) is 0 Å². The first-order valence-corrected chi connectivity index (χ1v) is 3.51. The largest absolute Gasteiger partial charge is 0.206 e. The molecule has 0 bridgehead atoms. The van der Waals surface area contributed by atoms with Gasteiger partial charge >= 0.3 is 0 Å². The second kappa shape index (κ2) is 8.64. The van der Waals surface area contributed by atoms with E-state index in [0.717, 1.165) is 0 Å². The average molecular weight is 205 g/mol. The predicted octanol–water partition coefficient (Wildman–Crippen LogP) is 1.97. The van der Waals surface area contributed by atoms with Crippen LogP contribution in [0.3, 0.4) is 0 Å². The van der Waals surface area contributed by atoms with Crippen LogP contribution in [0.2, 0.25) is 0 Å². The van der Waals surface area contributed by atoms with Gasteiger partial charge in [0.15, 0.2) is 0 Å². The van der Waals surface area contributed by atoms with Gasteiger partial charge in [0, 0.05) is 29.8 Å². The van der Waals surface area contributed by atoms with Crippen LogP contribution in [-0.4, -0.2) is 4.98 Å². The Hall–Kier alpha value is -1.46. The zero-order valence-corrected chi connectivity index (χ0v) is 8.17. The van der Waals surface area contributed by atoms with Gasteiger partial charge in [-0.1, -0.05) is 24.3 Å². The van der Waals surface area contributed by atoms with Crippen molar-refractivity contribution in [3.8, 4) is 0 Å². The molecule has 0 spiro atoms. The van der Waals surface area contributed by atoms with Gasteiger partial charge in [0.1, 0.15) is 0 Å². The SMILES string of the molecule is [Cr].c1ccccc#1.c1cccnc#1. The van der Waals surface area contributed by atoms with Crippen molar-refractivity contribution in [3.63, 3.8) is 0 Å². The van der Waals surface area contributed by atoms with Crippen LogP contribution in [0, 0.1) is 24.4 Å². The quantitative estimate of drug-likeness (QED) is 0.640. The van der Waals surface area contributed by atoms with Crippen LogP contribution in [0.5, 0.6) is 0 Å². The van der Waals surface area contributed by atoms with E-state index in [2.05, 4.69) is 29.4 Å².